The van der Waals surface area contributed by atoms with Crippen LogP contribution in [0.1, 0.15) is 23.5 Å². The largest absolute Gasteiger partial charge is 0.325 e. The predicted octanol–water partition coefficient (Wildman–Crippen LogP) is 3.71. The van der Waals surface area contributed by atoms with Crippen LogP contribution in [0.2, 0.25) is 0 Å². The zero-order valence-electron chi connectivity index (χ0n) is 11.4. The number of nitrogens with zero attached hydrogens (tertiary/aromatic N) is 1. The molecule has 0 fully saturated rings. The molecule has 1 aliphatic heterocycles. The zero-order valence-corrected chi connectivity index (χ0v) is 11.4. The molecule has 0 spiro atoms. The molecule has 4 rings (SSSR count). The van der Waals surface area contributed by atoms with E-state index in [1.807, 2.05) is 30.5 Å². The number of carbonyl (C=O) groups excluding carboxylic acids is 1. The third kappa shape index (κ3) is 1.98. The molecule has 0 aliphatic carbocycles. The SMILES string of the molecule is O=C1CC(c2cccnc2)c2ccc3ccccc3c2N1. The van der Waals surface area contributed by atoms with E-state index < -0.39 is 0 Å². The van der Waals surface area contributed by atoms with Crippen molar-refractivity contribution >= 4 is 22.4 Å². The molecule has 0 radical (unpaired) electrons. The Labute approximate surface area is 122 Å². The molecule has 1 unspecified atom stereocenters. The lowest BCUT2D eigenvalue weighted by molar-refractivity contribution is -0.116. The quantitative estimate of drug-likeness (QED) is 0.735. The monoisotopic (exact) mass is 274 g/mol. The molecule has 21 heavy (non-hydrogen) atoms. The van der Waals surface area contributed by atoms with Crippen LogP contribution in [-0.4, -0.2) is 10.9 Å². The van der Waals surface area contributed by atoms with Crippen LogP contribution < -0.4 is 5.32 Å². The number of hydrogen-bond donors (Lipinski definition) is 1. The van der Waals surface area contributed by atoms with Crippen molar-refractivity contribution in [2.75, 3.05) is 5.32 Å². The summed E-state index contributed by atoms with van der Waals surface area (Å²) in [5.74, 6) is 0.139. The van der Waals surface area contributed by atoms with E-state index in [2.05, 4.69) is 34.6 Å². The molecule has 102 valence electrons. The first-order chi connectivity index (χ1) is 10.3. The maximum atomic E-state index is 12.1. The van der Waals surface area contributed by atoms with Gasteiger partial charge in [0.25, 0.3) is 0 Å². The van der Waals surface area contributed by atoms with E-state index in [4.69, 9.17) is 0 Å². The molecule has 1 aliphatic rings. The first-order valence-electron chi connectivity index (χ1n) is 7.04. The second-order valence-electron chi connectivity index (χ2n) is 5.34. The van der Waals surface area contributed by atoms with Crippen molar-refractivity contribution in [2.24, 2.45) is 0 Å². The van der Waals surface area contributed by atoms with Gasteiger partial charge < -0.3 is 5.32 Å². The molecular weight excluding hydrogens is 260 g/mol. The minimum absolute atomic E-state index is 0.0627. The molecule has 1 amide bonds. The number of benzene rings is 2. The van der Waals surface area contributed by atoms with Crippen LogP contribution >= 0.6 is 0 Å². The Morgan fingerprint density at radius 1 is 1.05 bits per heavy atom. The van der Waals surface area contributed by atoms with Gasteiger partial charge in [-0.25, -0.2) is 0 Å². The van der Waals surface area contributed by atoms with Crippen molar-refractivity contribution in [1.29, 1.82) is 0 Å². The van der Waals surface area contributed by atoms with Crippen molar-refractivity contribution < 1.29 is 4.79 Å². The number of carbonyl (C=O) groups is 1. The van der Waals surface area contributed by atoms with Gasteiger partial charge in [0.05, 0.1) is 5.69 Å². The van der Waals surface area contributed by atoms with Gasteiger partial charge in [-0.1, -0.05) is 42.5 Å². The van der Waals surface area contributed by atoms with Crippen LogP contribution in [0, 0.1) is 0 Å². The van der Waals surface area contributed by atoms with Crippen LogP contribution in [-0.2, 0) is 4.79 Å². The summed E-state index contributed by atoms with van der Waals surface area (Å²) in [5, 5.41) is 5.28. The summed E-state index contributed by atoms with van der Waals surface area (Å²) < 4.78 is 0. The standard InChI is InChI=1S/C18H14N2O/c21-17-10-16(13-5-3-9-19-11-13)15-8-7-12-4-1-2-6-14(12)18(15)20-17/h1-9,11,16H,10H2,(H,20,21). The van der Waals surface area contributed by atoms with Crippen LogP contribution in [0.5, 0.6) is 0 Å². The Bertz CT molecular complexity index is 827. The summed E-state index contributed by atoms with van der Waals surface area (Å²) in [6.07, 6.45) is 4.08. The van der Waals surface area contributed by atoms with Gasteiger partial charge in [-0.05, 0) is 22.6 Å². The maximum Gasteiger partial charge on any atom is 0.225 e. The number of fused-ring (bicyclic) bond motifs is 3. The highest BCUT2D eigenvalue weighted by molar-refractivity contribution is 6.06. The third-order valence-electron chi connectivity index (χ3n) is 4.08. The Balaban J connectivity index is 1.95. The van der Waals surface area contributed by atoms with Crippen molar-refractivity contribution in [3.8, 4) is 0 Å². The number of amides is 1. The lowest BCUT2D eigenvalue weighted by Gasteiger charge is -2.27. The minimum atomic E-state index is 0.0627. The Morgan fingerprint density at radius 2 is 1.95 bits per heavy atom. The Kier molecular flexibility index (Phi) is 2.71. The molecule has 3 nitrogen and oxygen atoms in total. The average molecular weight is 274 g/mol. The molecule has 0 bridgehead atoms. The highest BCUT2D eigenvalue weighted by Gasteiger charge is 2.27. The Morgan fingerprint density at radius 3 is 2.81 bits per heavy atom. The highest BCUT2D eigenvalue weighted by Crippen LogP contribution is 2.40. The molecule has 3 heteroatoms. The normalized spacial score (nSPS) is 17.3. The van der Waals surface area contributed by atoms with E-state index in [1.54, 1.807) is 6.20 Å². The van der Waals surface area contributed by atoms with E-state index in [-0.39, 0.29) is 11.8 Å². The minimum Gasteiger partial charge on any atom is -0.325 e. The van der Waals surface area contributed by atoms with Gasteiger partial charge in [0.1, 0.15) is 0 Å². The summed E-state index contributed by atoms with van der Waals surface area (Å²) >= 11 is 0. The molecule has 1 atom stereocenters. The number of hydrogen-bond acceptors (Lipinski definition) is 2. The first kappa shape index (κ1) is 12.1. The summed E-state index contributed by atoms with van der Waals surface area (Å²) in [6, 6.07) is 16.3. The second kappa shape index (κ2) is 4.70. The predicted molar refractivity (Wildman–Crippen MR) is 83.3 cm³/mol. The van der Waals surface area contributed by atoms with Gasteiger partial charge in [0.15, 0.2) is 0 Å². The molecular formula is C18H14N2O. The van der Waals surface area contributed by atoms with Crippen LogP contribution in [0.25, 0.3) is 10.8 Å². The molecule has 2 aromatic carbocycles. The number of aromatic nitrogens is 1. The average Bonchev–Trinajstić information content (AvgIpc) is 2.55. The van der Waals surface area contributed by atoms with E-state index in [9.17, 15) is 4.79 Å². The number of anilines is 1. The van der Waals surface area contributed by atoms with E-state index in [1.165, 1.54) is 5.56 Å². The fourth-order valence-electron chi connectivity index (χ4n) is 3.08. The van der Waals surface area contributed by atoms with E-state index >= 15 is 0 Å². The molecule has 0 saturated carbocycles. The highest BCUT2D eigenvalue weighted by atomic mass is 16.1. The van der Waals surface area contributed by atoms with Gasteiger partial charge in [0.2, 0.25) is 5.91 Å². The van der Waals surface area contributed by atoms with Crippen molar-refractivity contribution in [3.05, 3.63) is 72.1 Å². The van der Waals surface area contributed by atoms with Crippen molar-refractivity contribution in [1.82, 2.24) is 4.98 Å². The second-order valence-corrected chi connectivity index (χ2v) is 5.34. The maximum absolute atomic E-state index is 12.1. The van der Waals surface area contributed by atoms with Crippen molar-refractivity contribution in [3.63, 3.8) is 0 Å². The number of nitrogens with one attached hydrogen (secondary N) is 1. The Hall–Kier alpha value is -2.68. The first-order valence-corrected chi connectivity index (χ1v) is 7.04. The van der Waals surface area contributed by atoms with Crippen LogP contribution in [0.3, 0.4) is 0 Å². The van der Waals surface area contributed by atoms with Crippen LogP contribution in [0.4, 0.5) is 5.69 Å². The van der Waals surface area contributed by atoms with Gasteiger partial charge in [0, 0.05) is 30.1 Å². The smallest absolute Gasteiger partial charge is 0.225 e. The fourth-order valence-corrected chi connectivity index (χ4v) is 3.08. The van der Waals surface area contributed by atoms with Gasteiger partial charge in [-0.2, -0.15) is 0 Å². The molecule has 1 aromatic heterocycles. The molecule has 3 aromatic rings. The van der Waals surface area contributed by atoms with Gasteiger partial charge in [-0.3, -0.25) is 9.78 Å². The molecule has 2 heterocycles. The summed E-state index contributed by atoms with van der Waals surface area (Å²) in [5.41, 5.74) is 3.20. The lowest BCUT2D eigenvalue weighted by Crippen LogP contribution is -2.23. The summed E-state index contributed by atoms with van der Waals surface area (Å²) in [6.45, 7) is 0. The van der Waals surface area contributed by atoms with E-state index in [0.29, 0.717) is 6.42 Å². The van der Waals surface area contributed by atoms with Crippen LogP contribution in [0.15, 0.2) is 60.9 Å². The van der Waals surface area contributed by atoms with Gasteiger partial charge in [-0.15, -0.1) is 0 Å². The number of pyridine rings is 1. The van der Waals surface area contributed by atoms with E-state index in [0.717, 1.165) is 22.0 Å². The zero-order chi connectivity index (χ0) is 14.2. The molecule has 0 saturated heterocycles. The van der Waals surface area contributed by atoms with Gasteiger partial charge >= 0.3 is 0 Å². The number of rotatable bonds is 1. The summed E-state index contributed by atoms with van der Waals surface area (Å²) in [4.78, 5) is 16.3. The fraction of sp³-hybridized carbons (Fsp3) is 0.111. The van der Waals surface area contributed by atoms with Crippen molar-refractivity contribution in [2.45, 2.75) is 12.3 Å². The third-order valence-corrected chi connectivity index (χ3v) is 4.08. The lowest BCUT2D eigenvalue weighted by atomic mass is 9.84. The molecule has 1 N–H and O–H groups in total. The topological polar surface area (TPSA) is 42.0 Å². The summed E-state index contributed by atoms with van der Waals surface area (Å²) in [7, 11) is 0.